The molecule has 0 heterocycles. The summed E-state index contributed by atoms with van der Waals surface area (Å²) in [6, 6.07) is 14.5. The second kappa shape index (κ2) is 7.27. The quantitative estimate of drug-likeness (QED) is 0.753. The highest BCUT2D eigenvalue weighted by atomic mass is 79.9. The van der Waals surface area contributed by atoms with Gasteiger partial charge in [-0.15, -0.1) is 0 Å². The van der Waals surface area contributed by atoms with Crippen LogP contribution in [0.3, 0.4) is 0 Å². The van der Waals surface area contributed by atoms with Crippen molar-refractivity contribution in [2.45, 2.75) is 25.2 Å². The second-order valence-corrected chi connectivity index (χ2v) is 6.87. The lowest BCUT2D eigenvalue weighted by molar-refractivity contribution is -0.124. The van der Waals surface area contributed by atoms with Crippen LogP contribution in [0.5, 0.6) is 5.75 Å². The van der Waals surface area contributed by atoms with Gasteiger partial charge in [-0.05, 0) is 61.7 Å². The Labute approximate surface area is 154 Å². The highest BCUT2D eigenvalue weighted by Gasteiger charge is 2.51. The number of benzene rings is 2. The van der Waals surface area contributed by atoms with E-state index in [1.807, 2.05) is 31.2 Å². The maximum Gasteiger partial charge on any atom is 0.269 e. The molecule has 0 aromatic heterocycles. The largest absolute Gasteiger partial charge is 0.494 e. The molecule has 1 fully saturated rings. The van der Waals surface area contributed by atoms with Gasteiger partial charge in [0.1, 0.15) is 5.75 Å². The van der Waals surface area contributed by atoms with Gasteiger partial charge < -0.3 is 4.74 Å². The summed E-state index contributed by atoms with van der Waals surface area (Å²) in [5.41, 5.74) is 5.91. The van der Waals surface area contributed by atoms with Crippen molar-refractivity contribution in [1.29, 1.82) is 0 Å². The Morgan fingerprint density at radius 1 is 1.12 bits per heavy atom. The number of amides is 2. The minimum atomic E-state index is -0.546. The topological polar surface area (TPSA) is 67.4 Å². The van der Waals surface area contributed by atoms with Crippen LogP contribution in [0.15, 0.2) is 53.0 Å². The average Bonchev–Trinajstić information content (AvgIpc) is 3.42. The Morgan fingerprint density at radius 3 is 2.44 bits per heavy atom. The third-order valence-corrected chi connectivity index (χ3v) is 4.77. The van der Waals surface area contributed by atoms with Crippen LogP contribution >= 0.6 is 15.9 Å². The normalized spacial score (nSPS) is 14.5. The van der Waals surface area contributed by atoms with E-state index in [0.717, 1.165) is 22.9 Å². The smallest absolute Gasteiger partial charge is 0.269 e. The third kappa shape index (κ3) is 3.85. The lowest BCUT2D eigenvalue weighted by Gasteiger charge is -2.16. The summed E-state index contributed by atoms with van der Waals surface area (Å²) in [7, 11) is 0. The van der Waals surface area contributed by atoms with Gasteiger partial charge in [0.15, 0.2) is 0 Å². The highest BCUT2D eigenvalue weighted by Crippen LogP contribution is 2.48. The zero-order valence-corrected chi connectivity index (χ0v) is 15.4. The Bertz CT molecular complexity index is 786. The number of rotatable bonds is 5. The van der Waals surface area contributed by atoms with Crippen molar-refractivity contribution in [3.8, 4) is 5.75 Å². The third-order valence-electron chi connectivity index (χ3n) is 4.28. The van der Waals surface area contributed by atoms with Crippen LogP contribution < -0.4 is 15.6 Å². The molecule has 2 aromatic carbocycles. The molecule has 130 valence electrons. The summed E-state index contributed by atoms with van der Waals surface area (Å²) in [4.78, 5) is 24.7. The van der Waals surface area contributed by atoms with Gasteiger partial charge in [0.05, 0.1) is 12.0 Å². The molecule has 0 saturated heterocycles. The summed E-state index contributed by atoms with van der Waals surface area (Å²) in [5, 5.41) is 0. The van der Waals surface area contributed by atoms with Crippen LogP contribution in [-0.4, -0.2) is 18.4 Å². The van der Waals surface area contributed by atoms with E-state index in [1.165, 1.54) is 0 Å². The van der Waals surface area contributed by atoms with Crippen molar-refractivity contribution >= 4 is 27.7 Å². The number of hydrogen-bond donors (Lipinski definition) is 2. The lowest BCUT2D eigenvalue weighted by Crippen LogP contribution is -2.46. The predicted molar refractivity (Wildman–Crippen MR) is 98.3 cm³/mol. The molecule has 1 aliphatic rings. The van der Waals surface area contributed by atoms with E-state index in [4.69, 9.17) is 4.74 Å². The number of nitrogens with one attached hydrogen (secondary N) is 2. The van der Waals surface area contributed by atoms with Gasteiger partial charge in [0, 0.05) is 10.0 Å². The molecule has 2 aromatic rings. The van der Waals surface area contributed by atoms with Gasteiger partial charge >= 0.3 is 0 Å². The van der Waals surface area contributed by atoms with Gasteiger partial charge in [-0.25, -0.2) is 0 Å². The number of hydrazine groups is 1. The Balaban J connectivity index is 1.61. The maximum atomic E-state index is 12.6. The number of ether oxygens (including phenoxy) is 1. The molecule has 0 unspecified atom stereocenters. The zero-order chi connectivity index (χ0) is 17.9. The number of carbonyl (C=O) groups excluding carboxylic acids is 2. The Kier molecular flexibility index (Phi) is 5.08. The molecule has 0 aliphatic heterocycles. The molecule has 1 aliphatic carbocycles. The van der Waals surface area contributed by atoms with E-state index in [9.17, 15) is 9.59 Å². The van der Waals surface area contributed by atoms with Gasteiger partial charge in [0.2, 0.25) is 5.91 Å². The molecule has 25 heavy (non-hydrogen) atoms. The minimum Gasteiger partial charge on any atom is -0.494 e. The standard InChI is InChI=1S/C19H19BrN2O3/c1-2-25-16-8-6-13(7-9-16)17(23)21-22-18(24)19(10-11-19)14-4-3-5-15(20)12-14/h3-9,12H,2,10-11H2,1H3,(H,21,23)(H,22,24). The van der Waals surface area contributed by atoms with Crippen LogP contribution in [0.2, 0.25) is 0 Å². The van der Waals surface area contributed by atoms with Crippen LogP contribution in [-0.2, 0) is 10.2 Å². The van der Waals surface area contributed by atoms with E-state index in [0.29, 0.717) is 17.9 Å². The number of hydrogen-bond acceptors (Lipinski definition) is 3. The van der Waals surface area contributed by atoms with Crippen LogP contribution in [0.25, 0.3) is 0 Å². The molecule has 1 saturated carbocycles. The van der Waals surface area contributed by atoms with Crippen molar-refractivity contribution in [3.63, 3.8) is 0 Å². The first-order chi connectivity index (χ1) is 12.0. The summed E-state index contributed by atoms with van der Waals surface area (Å²) in [6.45, 7) is 2.47. The molecule has 0 atom stereocenters. The summed E-state index contributed by atoms with van der Waals surface area (Å²) in [6.07, 6.45) is 1.54. The van der Waals surface area contributed by atoms with E-state index in [-0.39, 0.29) is 11.8 Å². The molecule has 2 N–H and O–H groups in total. The average molecular weight is 403 g/mol. The molecule has 2 amide bonds. The van der Waals surface area contributed by atoms with Gasteiger partial charge in [0.25, 0.3) is 5.91 Å². The van der Waals surface area contributed by atoms with Crippen LogP contribution in [0, 0.1) is 0 Å². The van der Waals surface area contributed by atoms with Gasteiger partial charge in [-0.1, -0.05) is 28.1 Å². The molecule has 3 rings (SSSR count). The zero-order valence-electron chi connectivity index (χ0n) is 13.8. The van der Waals surface area contributed by atoms with E-state index in [1.54, 1.807) is 24.3 Å². The number of halogens is 1. The summed E-state index contributed by atoms with van der Waals surface area (Å²) in [5.74, 6) is 0.154. The van der Waals surface area contributed by atoms with Crippen molar-refractivity contribution in [2.24, 2.45) is 0 Å². The Morgan fingerprint density at radius 2 is 1.84 bits per heavy atom. The fraction of sp³-hybridized carbons (Fsp3) is 0.263. The molecule has 0 radical (unpaired) electrons. The van der Waals surface area contributed by atoms with Crippen molar-refractivity contribution in [1.82, 2.24) is 10.9 Å². The molecular formula is C19H19BrN2O3. The van der Waals surface area contributed by atoms with Crippen molar-refractivity contribution in [3.05, 3.63) is 64.1 Å². The number of carbonyl (C=O) groups is 2. The van der Waals surface area contributed by atoms with Crippen molar-refractivity contribution in [2.75, 3.05) is 6.61 Å². The lowest BCUT2D eigenvalue weighted by atomic mass is 9.95. The Hall–Kier alpha value is -2.34. The fourth-order valence-corrected chi connectivity index (χ4v) is 3.13. The first-order valence-electron chi connectivity index (χ1n) is 8.15. The van der Waals surface area contributed by atoms with Gasteiger partial charge in [-0.2, -0.15) is 0 Å². The first kappa shape index (κ1) is 17.5. The fourth-order valence-electron chi connectivity index (χ4n) is 2.73. The maximum absolute atomic E-state index is 12.6. The predicted octanol–water partition coefficient (Wildman–Crippen LogP) is 3.34. The van der Waals surface area contributed by atoms with Crippen molar-refractivity contribution < 1.29 is 14.3 Å². The van der Waals surface area contributed by atoms with E-state index < -0.39 is 5.41 Å². The molecule has 5 nitrogen and oxygen atoms in total. The van der Waals surface area contributed by atoms with E-state index in [2.05, 4.69) is 26.8 Å². The van der Waals surface area contributed by atoms with Crippen LogP contribution in [0.4, 0.5) is 0 Å². The van der Waals surface area contributed by atoms with E-state index >= 15 is 0 Å². The molecular weight excluding hydrogens is 384 g/mol. The van der Waals surface area contributed by atoms with Gasteiger partial charge in [-0.3, -0.25) is 20.4 Å². The molecule has 6 heteroatoms. The first-order valence-corrected chi connectivity index (χ1v) is 8.94. The SMILES string of the molecule is CCOc1ccc(C(=O)NNC(=O)C2(c3cccc(Br)c3)CC2)cc1. The minimum absolute atomic E-state index is 0.190. The highest BCUT2D eigenvalue weighted by molar-refractivity contribution is 9.10. The molecule has 0 bridgehead atoms. The second-order valence-electron chi connectivity index (χ2n) is 5.96. The monoisotopic (exact) mass is 402 g/mol. The molecule has 0 spiro atoms. The summed E-state index contributed by atoms with van der Waals surface area (Å²) >= 11 is 3.43. The summed E-state index contributed by atoms with van der Waals surface area (Å²) < 4.78 is 6.28. The van der Waals surface area contributed by atoms with Crippen LogP contribution in [0.1, 0.15) is 35.7 Å².